The minimum absolute atomic E-state index is 0.144. The van der Waals surface area contributed by atoms with Crippen LogP contribution in [0.2, 0.25) is 0 Å². The van der Waals surface area contributed by atoms with E-state index in [4.69, 9.17) is 0 Å². The van der Waals surface area contributed by atoms with Crippen molar-refractivity contribution in [2.24, 2.45) is 0 Å². The first-order valence-corrected chi connectivity index (χ1v) is 7.06. The Morgan fingerprint density at radius 1 is 0.909 bits per heavy atom. The average Bonchev–Trinajstić information content (AvgIpc) is 2.52. The van der Waals surface area contributed by atoms with Gasteiger partial charge in [-0.15, -0.1) is 0 Å². The molecule has 112 valence electrons. The van der Waals surface area contributed by atoms with Gasteiger partial charge in [-0.1, -0.05) is 55.5 Å². The average molecular weight is 301 g/mol. The van der Waals surface area contributed by atoms with E-state index in [2.05, 4.69) is 4.98 Å². The van der Waals surface area contributed by atoms with Gasteiger partial charge in [0.15, 0.2) is 0 Å². The summed E-state index contributed by atoms with van der Waals surface area (Å²) >= 11 is 0. The van der Waals surface area contributed by atoms with Crippen molar-refractivity contribution in [3.8, 4) is 11.1 Å². The van der Waals surface area contributed by atoms with Crippen LogP contribution >= 0.6 is 0 Å². The lowest BCUT2D eigenvalue weighted by Crippen LogP contribution is -2.11. The molecule has 0 saturated carbocycles. The van der Waals surface area contributed by atoms with E-state index >= 15 is 0 Å². The summed E-state index contributed by atoms with van der Waals surface area (Å²) in [5, 5.41) is 0.144. The van der Waals surface area contributed by atoms with Gasteiger partial charge in [0.25, 0.3) is 0 Å². The summed E-state index contributed by atoms with van der Waals surface area (Å²) in [6.07, 6.45) is -3.99. The zero-order valence-electron chi connectivity index (χ0n) is 12.0. The highest BCUT2D eigenvalue weighted by molar-refractivity contribution is 5.90. The molecule has 1 aromatic heterocycles. The smallest absolute Gasteiger partial charge is 0.252 e. The van der Waals surface area contributed by atoms with Gasteiger partial charge in [0.1, 0.15) is 0 Å². The van der Waals surface area contributed by atoms with Crippen LogP contribution in [0.5, 0.6) is 0 Å². The fourth-order valence-electron chi connectivity index (χ4n) is 2.73. The van der Waals surface area contributed by atoms with Crippen molar-refractivity contribution in [3.05, 3.63) is 65.9 Å². The molecular formula is C18H14F3N. The predicted molar refractivity (Wildman–Crippen MR) is 81.6 cm³/mol. The van der Waals surface area contributed by atoms with Gasteiger partial charge in [-0.05, 0) is 18.1 Å². The van der Waals surface area contributed by atoms with Crippen LogP contribution in [-0.4, -0.2) is 4.98 Å². The maximum atomic E-state index is 13.8. The standard InChI is InChI=1S/C18H14F3N/c1-2-14-16(12-8-4-3-5-9-12)17(18(19,20)21)13-10-6-7-11-15(13)22-14/h3-11H,2H2,1H3. The van der Waals surface area contributed by atoms with Crippen LogP contribution < -0.4 is 0 Å². The number of fused-ring (bicyclic) bond motifs is 1. The third-order valence-electron chi connectivity index (χ3n) is 3.65. The van der Waals surface area contributed by atoms with E-state index in [1.807, 2.05) is 6.92 Å². The van der Waals surface area contributed by atoms with Gasteiger partial charge in [-0.25, -0.2) is 0 Å². The van der Waals surface area contributed by atoms with Gasteiger partial charge in [0.05, 0.1) is 11.1 Å². The maximum Gasteiger partial charge on any atom is 0.417 e. The SMILES string of the molecule is CCc1nc2ccccc2c(C(F)(F)F)c1-c1ccccc1. The van der Waals surface area contributed by atoms with Crippen molar-refractivity contribution < 1.29 is 13.2 Å². The Bertz CT molecular complexity index is 808. The minimum atomic E-state index is -4.43. The molecule has 0 N–H and O–H groups in total. The zero-order valence-corrected chi connectivity index (χ0v) is 12.0. The number of pyridine rings is 1. The van der Waals surface area contributed by atoms with Gasteiger partial charge < -0.3 is 0 Å². The summed E-state index contributed by atoms with van der Waals surface area (Å²) in [5.74, 6) is 0. The molecule has 22 heavy (non-hydrogen) atoms. The molecule has 3 aromatic rings. The van der Waals surface area contributed by atoms with Crippen molar-refractivity contribution in [1.29, 1.82) is 0 Å². The van der Waals surface area contributed by atoms with Crippen LogP contribution in [-0.2, 0) is 12.6 Å². The van der Waals surface area contributed by atoms with Crippen LogP contribution in [0.25, 0.3) is 22.0 Å². The van der Waals surface area contributed by atoms with E-state index in [0.717, 1.165) is 0 Å². The molecule has 0 aliphatic carbocycles. The van der Waals surface area contributed by atoms with Gasteiger partial charge in [-0.3, -0.25) is 4.98 Å². The Morgan fingerprint density at radius 2 is 1.55 bits per heavy atom. The van der Waals surface area contributed by atoms with Gasteiger partial charge in [0.2, 0.25) is 0 Å². The lowest BCUT2D eigenvalue weighted by molar-refractivity contribution is -0.135. The van der Waals surface area contributed by atoms with Crippen LogP contribution in [0.4, 0.5) is 13.2 Å². The quantitative estimate of drug-likeness (QED) is 0.610. The van der Waals surface area contributed by atoms with E-state index in [9.17, 15) is 13.2 Å². The molecular weight excluding hydrogens is 287 g/mol. The summed E-state index contributed by atoms with van der Waals surface area (Å²) in [5.41, 5.74) is 0.990. The molecule has 1 nitrogen and oxygen atoms in total. The second-order valence-electron chi connectivity index (χ2n) is 5.04. The number of hydrogen-bond acceptors (Lipinski definition) is 1. The monoisotopic (exact) mass is 301 g/mol. The van der Waals surface area contributed by atoms with Crippen molar-refractivity contribution in [2.75, 3.05) is 0 Å². The summed E-state index contributed by atoms with van der Waals surface area (Å²) in [7, 11) is 0. The first kappa shape index (κ1) is 14.6. The second-order valence-corrected chi connectivity index (χ2v) is 5.04. The summed E-state index contributed by atoms with van der Waals surface area (Å²) in [4.78, 5) is 4.44. The summed E-state index contributed by atoms with van der Waals surface area (Å²) in [6, 6.07) is 15.1. The topological polar surface area (TPSA) is 12.9 Å². The largest absolute Gasteiger partial charge is 0.417 e. The molecule has 0 saturated heterocycles. The second kappa shape index (κ2) is 5.44. The molecule has 0 radical (unpaired) electrons. The molecule has 0 amide bonds. The van der Waals surface area contributed by atoms with Crippen molar-refractivity contribution in [3.63, 3.8) is 0 Å². The number of nitrogens with zero attached hydrogens (tertiary/aromatic N) is 1. The molecule has 1 heterocycles. The van der Waals surface area contributed by atoms with Crippen LogP contribution in [0.1, 0.15) is 18.2 Å². The fraction of sp³-hybridized carbons (Fsp3) is 0.167. The molecule has 0 spiro atoms. The van der Waals surface area contributed by atoms with E-state index in [-0.39, 0.29) is 10.9 Å². The normalized spacial score (nSPS) is 11.8. The Kier molecular flexibility index (Phi) is 3.61. The zero-order chi connectivity index (χ0) is 15.7. The number of benzene rings is 2. The highest BCUT2D eigenvalue weighted by Gasteiger charge is 2.37. The van der Waals surface area contributed by atoms with Gasteiger partial charge >= 0.3 is 6.18 Å². The Morgan fingerprint density at radius 3 is 2.18 bits per heavy atom. The first-order chi connectivity index (χ1) is 10.5. The lowest BCUT2D eigenvalue weighted by Gasteiger charge is -2.19. The Balaban J connectivity index is 2.48. The number of rotatable bonds is 2. The number of para-hydroxylation sites is 1. The van der Waals surface area contributed by atoms with Crippen LogP contribution in [0.15, 0.2) is 54.6 Å². The van der Waals surface area contributed by atoms with E-state index in [1.54, 1.807) is 48.5 Å². The van der Waals surface area contributed by atoms with Crippen molar-refractivity contribution in [1.82, 2.24) is 4.98 Å². The summed E-state index contributed by atoms with van der Waals surface area (Å²) in [6.45, 7) is 1.82. The van der Waals surface area contributed by atoms with Crippen LogP contribution in [0, 0.1) is 0 Å². The first-order valence-electron chi connectivity index (χ1n) is 7.06. The third kappa shape index (κ3) is 2.45. The van der Waals surface area contributed by atoms with Gasteiger partial charge in [-0.2, -0.15) is 13.2 Å². The number of hydrogen-bond donors (Lipinski definition) is 0. The van der Waals surface area contributed by atoms with Gasteiger partial charge in [0, 0.05) is 16.6 Å². The molecule has 0 fully saturated rings. The highest BCUT2D eigenvalue weighted by Crippen LogP contribution is 2.42. The molecule has 0 aliphatic heterocycles. The summed E-state index contributed by atoms with van der Waals surface area (Å²) < 4.78 is 41.3. The highest BCUT2D eigenvalue weighted by atomic mass is 19.4. The van der Waals surface area contributed by atoms with Crippen molar-refractivity contribution >= 4 is 10.9 Å². The number of alkyl halides is 3. The van der Waals surface area contributed by atoms with Crippen LogP contribution in [0.3, 0.4) is 0 Å². The molecule has 0 atom stereocenters. The number of aromatic nitrogens is 1. The molecule has 0 bridgehead atoms. The lowest BCUT2D eigenvalue weighted by atomic mass is 9.93. The number of aryl methyl sites for hydroxylation is 1. The molecule has 0 unspecified atom stereocenters. The Hall–Kier alpha value is -2.36. The maximum absolute atomic E-state index is 13.8. The molecule has 0 aliphatic rings. The molecule has 4 heteroatoms. The minimum Gasteiger partial charge on any atom is -0.252 e. The van der Waals surface area contributed by atoms with Crippen molar-refractivity contribution in [2.45, 2.75) is 19.5 Å². The number of halogens is 3. The third-order valence-corrected chi connectivity index (χ3v) is 3.65. The Labute approximate surface area is 126 Å². The molecule has 2 aromatic carbocycles. The fourth-order valence-corrected chi connectivity index (χ4v) is 2.73. The molecule has 3 rings (SSSR count). The van der Waals surface area contributed by atoms with E-state index < -0.39 is 11.7 Å². The van der Waals surface area contributed by atoms with E-state index in [0.29, 0.717) is 23.2 Å². The van der Waals surface area contributed by atoms with E-state index in [1.165, 1.54) is 6.07 Å². The predicted octanol–water partition coefficient (Wildman–Crippen LogP) is 5.48.